The average Bonchev–Trinajstić information content (AvgIpc) is 2.66. The molecule has 0 saturated carbocycles. The second-order valence-electron chi connectivity index (χ2n) is 7.21. The first-order valence-corrected chi connectivity index (χ1v) is 9.74. The predicted molar refractivity (Wildman–Crippen MR) is 107 cm³/mol. The number of nitrogens with two attached hydrogens (primary N) is 1. The van der Waals surface area contributed by atoms with Gasteiger partial charge in [-0.15, -0.1) is 0 Å². The number of carbonyl (C=O) groups is 1. The van der Waals surface area contributed by atoms with Gasteiger partial charge in [0.15, 0.2) is 5.96 Å². The van der Waals surface area contributed by atoms with E-state index in [9.17, 15) is 4.79 Å². The zero-order valence-electron chi connectivity index (χ0n) is 15.4. The summed E-state index contributed by atoms with van der Waals surface area (Å²) in [4.78, 5) is 23.0. The van der Waals surface area contributed by atoms with E-state index >= 15 is 0 Å². The van der Waals surface area contributed by atoms with Crippen LogP contribution in [0.25, 0.3) is 0 Å². The maximum absolute atomic E-state index is 12.4. The first kappa shape index (κ1) is 18.8. The third-order valence-corrected chi connectivity index (χ3v) is 5.43. The van der Waals surface area contributed by atoms with Crippen LogP contribution in [0.1, 0.15) is 19.8 Å². The van der Waals surface area contributed by atoms with E-state index in [4.69, 9.17) is 17.3 Å². The third-order valence-electron chi connectivity index (χ3n) is 5.18. The molecule has 2 heterocycles. The molecule has 2 aliphatic rings. The van der Waals surface area contributed by atoms with E-state index < -0.39 is 0 Å². The lowest BCUT2D eigenvalue weighted by Crippen LogP contribution is -2.50. The summed E-state index contributed by atoms with van der Waals surface area (Å²) in [7, 11) is 0. The van der Waals surface area contributed by atoms with Gasteiger partial charge in [-0.05, 0) is 43.0 Å². The first-order chi connectivity index (χ1) is 12.5. The molecule has 0 aliphatic carbocycles. The van der Waals surface area contributed by atoms with Crippen LogP contribution < -0.4 is 10.6 Å². The summed E-state index contributed by atoms with van der Waals surface area (Å²) < 4.78 is 0. The second kappa shape index (κ2) is 8.62. The van der Waals surface area contributed by atoms with Crippen LogP contribution in [0.3, 0.4) is 0 Å². The van der Waals surface area contributed by atoms with Crippen molar-refractivity contribution in [2.75, 3.05) is 50.7 Å². The van der Waals surface area contributed by atoms with Gasteiger partial charge in [-0.1, -0.05) is 18.5 Å². The number of carbonyl (C=O) groups excluding carboxylic acids is 1. The number of anilines is 1. The number of likely N-dealkylation sites (tertiary alicyclic amines) is 1. The summed E-state index contributed by atoms with van der Waals surface area (Å²) in [6, 6.07) is 7.83. The highest BCUT2D eigenvalue weighted by atomic mass is 35.5. The molecule has 142 valence electrons. The molecule has 2 N–H and O–H groups in total. The molecular weight excluding hydrogens is 350 g/mol. The summed E-state index contributed by atoms with van der Waals surface area (Å²) in [6.45, 7) is 7.28. The Labute approximate surface area is 160 Å². The van der Waals surface area contributed by atoms with Crippen molar-refractivity contribution in [1.82, 2.24) is 9.80 Å². The quantitative estimate of drug-likeness (QED) is 0.646. The van der Waals surface area contributed by atoms with Crippen LogP contribution in [-0.2, 0) is 4.79 Å². The standard InChI is InChI=1S/C19H28ClN5O/c1-15-3-2-8-25(14-15)19(21)22-13-18(26)24-11-9-23(10-12-24)17-6-4-16(20)5-7-17/h4-7,15H,2-3,8-14H2,1H3,(H2,21,22). The number of piperidine rings is 1. The molecule has 1 aromatic rings. The molecule has 0 aromatic heterocycles. The van der Waals surface area contributed by atoms with E-state index in [0.29, 0.717) is 25.0 Å². The van der Waals surface area contributed by atoms with Crippen LogP contribution in [0.15, 0.2) is 29.3 Å². The average molecular weight is 378 g/mol. The Hall–Kier alpha value is -1.95. The number of hydrogen-bond donors (Lipinski definition) is 1. The zero-order chi connectivity index (χ0) is 18.5. The van der Waals surface area contributed by atoms with E-state index in [1.165, 1.54) is 6.42 Å². The normalized spacial score (nSPS) is 21.8. The number of nitrogens with zero attached hydrogens (tertiary/aromatic N) is 4. The summed E-state index contributed by atoms with van der Waals surface area (Å²) >= 11 is 5.94. The van der Waals surface area contributed by atoms with E-state index in [0.717, 1.165) is 43.3 Å². The van der Waals surface area contributed by atoms with Gasteiger partial charge in [0.05, 0.1) is 0 Å². The Morgan fingerprint density at radius 2 is 1.85 bits per heavy atom. The highest BCUT2D eigenvalue weighted by molar-refractivity contribution is 6.30. The molecule has 0 radical (unpaired) electrons. The maximum Gasteiger partial charge on any atom is 0.244 e. The van der Waals surface area contributed by atoms with Crippen molar-refractivity contribution in [3.05, 3.63) is 29.3 Å². The number of aliphatic imine (C=N–C) groups is 1. The number of amides is 1. The fourth-order valence-corrected chi connectivity index (χ4v) is 3.74. The highest BCUT2D eigenvalue weighted by Crippen LogP contribution is 2.19. The minimum Gasteiger partial charge on any atom is -0.370 e. The van der Waals surface area contributed by atoms with Crippen molar-refractivity contribution < 1.29 is 4.79 Å². The van der Waals surface area contributed by atoms with Crippen molar-refractivity contribution in [2.45, 2.75) is 19.8 Å². The lowest BCUT2D eigenvalue weighted by molar-refractivity contribution is -0.129. The number of benzene rings is 1. The third kappa shape index (κ3) is 4.81. The smallest absolute Gasteiger partial charge is 0.244 e. The van der Waals surface area contributed by atoms with Gasteiger partial charge in [-0.25, -0.2) is 4.99 Å². The number of guanidine groups is 1. The van der Waals surface area contributed by atoms with Gasteiger partial charge in [0.2, 0.25) is 5.91 Å². The predicted octanol–water partition coefficient (Wildman–Crippen LogP) is 2.04. The summed E-state index contributed by atoms with van der Waals surface area (Å²) in [5, 5.41) is 0.737. The largest absolute Gasteiger partial charge is 0.370 e. The summed E-state index contributed by atoms with van der Waals surface area (Å²) in [5.41, 5.74) is 7.23. The Morgan fingerprint density at radius 1 is 1.15 bits per heavy atom. The van der Waals surface area contributed by atoms with Gasteiger partial charge in [-0.3, -0.25) is 4.79 Å². The van der Waals surface area contributed by atoms with Crippen LogP contribution >= 0.6 is 11.6 Å². The lowest BCUT2D eigenvalue weighted by atomic mass is 10.0. The maximum atomic E-state index is 12.4. The molecule has 0 bridgehead atoms. The molecule has 6 nitrogen and oxygen atoms in total. The molecule has 26 heavy (non-hydrogen) atoms. The number of piperazine rings is 1. The minimum atomic E-state index is 0.0498. The van der Waals surface area contributed by atoms with E-state index in [2.05, 4.69) is 21.7 Å². The Balaban J connectivity index is 1.47. The van der Waals surface area contributed by atoms with Gasteiger partial charge in [0, 0.05) is 50.0 Å². The molecule has 7 heteroatoms. The van der Waals surface area contributed by atoms with Gasteiger partial charge >= 0.3 is 0 Å². The summed E-state index contributed by atoms with van der Waals surface area (Å²) in [5.74, 6) is 1.19. The molecule has 2 fully saturated rings. The van der Waals surface area contributed by atoms with Gasteiger partial charge < -0.3 is 20.4 Å². The molecule has 1 amide bonds. The molecule has 2 saturated heterocycles. The molecule has 1 aromatic carbocycles. The van der Waals surface area contributed by atoms with Gasteiger partial charge in [0.1, 0.15) is 6.54 Å². The minimum absolute atomic E-state index is 0.0498. The number of halogens is 1. The second-order valence-corrected chi connectivity index (χ2v) is 7.65. The Bertz CT molecular complexity index is 640. The molecule has 2 aliphatic heterocycles. The highest BCUT2D eigenvalue weighted by Gasteiger charge is 2.22. The van der Waals surface area contributed by atoms with Crippen LogP contribution in [-0.4, -0.2) is 67.5 Å². The van der Waals surface area contributed by atoms with E-state index in [-0.39, 0.29) is 12.5 Å². The van der Waals surface area contributed by atoms with Crippen LogP contribution in [0.4, 0.5) is 5.69 Å². The number of rotatable bonds is 3. The SMILES string of the molecule is CC1CCCN(C(N)=NCC(=O)N2CCN(c3ccc(Cl)cc3)CC2)C1. The Morgan fingerprint density at radius 3 is 2.50 bits per heavy atom. The topological polar surface area (TPSA) is 65.2 Å². The monoisotopic (exact) mass is 377 g/mol. The lowest BCUT2D eigenvalue weighted by Gasteiger charge is -2.36. The zero-order valence-corrected chi connectivity index (χ0v) is 16.2. The fraction of sp³-hybridized carbons (Fsp3) is 0.579. The summed E-state index contributed by atoms with van der Waals surface area (Å²) in [6.07, 6.45) is 2.37. The van der Waals surface area contributed by atoms with Crippen LogP contribution in [0.5, 0.6) is 0 Å². The molecule has 3 rings (SSSR count). The number of hydrogen-bond acceptors (Lipinski definition) is 3. The molecule has 1 unspecified atom stereocenters. The Kier molecular flexibility index (Phi) is 6.25. The van der Waals surface area contributed by atoms with Crippen molar-refractivity contribution in [3.8, 4) is 0 Å². The van der Waals surface area contributed by atoms with Crippen molar-refractivity contribution in [3.63, 3.8) is 0 Å². The van der Waals surface area contributed by atoms with E-state index in [1.54, 1.807) is 0 Å². The van der Waals surface area contributed by atoms with Crippen molar-refractivity contribution in [1.29, 1.82) is 0 Å². The van der Waals surface area contributed by atoms with Gasteiger partial charge in [0.25, 0.3) is 0 Å². The molecular formula is C19H28ClN5O. The van der Waals surface area contributed by atoms with Crippen molar-refractivity contribution in [2.24, 2.45) is 16.6 Å². The van der Waals surface area contributed by atoms with Crippen LogP contribution in [0, 0.1) is 5.92 Å². The first-order valence-electron chi connectivity index (χ1n) is 9.36. The fourth-order valence-electron chi connectivity index (χ4n) is 3.61. The van der Waals surface area contributed by atoms with Crippen LogP contribution in [0.2, 0.25) is 5.02 Å². The van der Waals surface area contributed by atoms with E-state index in [1.807, 2.05) is 29.2 Å². The molecule has 1 atom stereocenters. The van der Waals surface area contributed by atoms with Gasteiger partial charge in [-0.2, -0.15) is 0 Å². The van der Waals surface area contributed by atoms with Crippen molar-refractivity contribution >= 4 is 29.2 Å². The molecule has 0 spiro atoms.